The zero-order valence-corrected chi connectivity index (χ0v) is 22.5. The van der Waals surface area contributed by atoms with Crippen LogP contribution in [-0.4, -0.2) is 58.7 Å². The molecule has 0 unspecified atom stereocenters. The molecule has 0 saturated carbocycles. The van der Waals surface area contributed by atoms with Crippen molar-refractivity contribution in [3.05, 3.63) is 46.8 Å². The fourth-order valence-corrected chi connectivity index (χ4v) is 7.77. The predicted molar refractivity (Wildman–Crippen MR) is 136 cm³/mol. The van der Waals surface area contributed by atoms with E-state index in [-0.39, 0.29) is 28.0 Å². The number of hydrogen-bond donors (Lipinski definition) is 0. The summed E-state index contributed by atoms with van der Waals surface area (Å²) in [6.45, 7) is 9.48. The largest absolute Gasteiger partial charge is 0.343 e. The second kappa shape index (κ2) is 9.10. The molecule has 2 aliphatic heterocycles. The molecule has 2 aromatic rings. The van der Waals surface area contributed by atoms with Crippen LogP contribution in [0.15, 0.2) is 29.2 Å². The molecule has 1 aliphatic carbocycles. The van der Waals surface area contributed by atoms with Crippen LogP contribution >= 0.6 is 0 Å². The second-order valence-corrected chi connectivity index (χ2v) is 13.3. The summed E-state index contributed by atoms with van der Waals surface area (Å²) in [5.74, 6) is 0.138. The first-order chi connectivity index (χ1) is 17.0. The summed E-state index contributed by atoms with van der Waals surface area (Å²) in [5, 5.41) is 5.04. The van der Waals surface area contributed by atoms with E-state index in [1.165, 1.54) is 0 Å². The number of benzene rings is 1. The van der Waals surface area contributed by atoms with Gasteiger partial charge < -0.3 is 4.90 Å². The lowest BCUT2D eigenvalue weighted by molar-refractivity contribution is -0.130. The molecule has 0 radical (unpaired) electrons. The maximum atomic E-state index is 13.7. The third-order valence-electron chi connectivity index (χ3n) is 8.00. The quantitative estimate of drug-likeness (QED) is 0.616. The van der Waals surface area contributed by atoms with Gasteiger partial charge in [-0.2, -0.15) is 9.40 Å². The lowest BCUT2D eigenvalue weighted by Crippen LogP contribution is -2.38. The first kappa shape index (κ1) is 25.1. The lowest BCUT2D eigenvalue weighted by atomic mass is 9.75. The number of ketones is 1. The van der Waals surface area contributed by atoms with Gasteiger partial charge in [0.15, 0.2) is 5.78 Å². The lowest BCUT2D eigenvalue weighted by Gasteiger charge is -2.34. The summed E-state index contributed by atoms with van der Waals surface area (Å²) in [4.78, 5) is 27.5. The number of piperidine rings is 1. The van der Waals surface area contributed by atoms with Crippen LogP contribution in [0.4, 0.5) is 0 Å². The van der Waals surface area contributed by atoms with Crippen molar-refractivity contribution in [3.8, 4) is 0 Å². The van der Waals surface area contributed by atoms with Crippen molar-refractivity contribution in [1.29, 1.82) is 0 Å². The first-order valence-electron chi connectivity index (χ1n) is 13.0. The van der Waals surface area contributed by atoms with Crippen molar-refractivity contribution in [2.75, 3.05) is 19.6 Å². The van der Waals surface area contributed by atoms with E-state index in [9.17, 15) is 18.0 Å². The Morgan fingerprint density at radius 1 is 1.03 bits per heavy atom. The minimum absolute atomic E-state index is 0.0586. The number of rotatable bonds is 4. The minimum Gasteiger partial charge on any atom is -0.343 e. The number of Topliss-reactive ketones (excluding diaryl/α,β-unsaturated/α-hetero) is 1. The number of carbonyl (C=O) groups is 2. The zero-order chi connectivity index (χ0) is 25.8. The van der Waals surface area contributed by atoms with Crippen LogP contribution in [0.1, 0.15) is 92.3 Å². The Morgan fingerprint density at radius 2 is 1.69 bits per heavy atom. The van der Waals surface area contributed by atoms with Gasteiger partial charge in [-0.15, -0.1) is 0 Å². The summed E-state index contributed by atoms with van der Waals surface area (Å²) >= 11 is 0. The van der Waals surface area contributed by atoms with E-state index < -0.39 is 16.1 Å². The molecule has 5 rings (SSSR count). The molecule has 1 aromatic heterocycles. The molecule has 8 nitrogen and oxygen atoms in total. The van der Waals surface area contributed by atoms with Gasteiger partial charge in [-0.1, -0.05) is 31.5 Å². The molecular weight excluding hydrogens is 476 g/mol. The number of hydrogen-bond acceptors (Lipinski definition) is 5. The van der Waals surface area contributed by atoms with Gasteiger partial charge in [0.2, 0.25) is 15.9 Å². The Labute approximate surface area is 213 Å². The number of aryl methyl sites for hydroxylation is 1. The van der Waals surface area contributed by atoms with Gasteiger partial charge >= 0.3 is 0 Å². The Morgan fingerprint density at radius 3 is 2.33 bits per heavy atom. The van der Waals surface area contributed by atoms with Crippen LogP contribution in [-0.2, 0) is 21.2 Å². The topological polar surface area (TPSA) is 92.6 Å². The summed E-state index contributed by atoms with van der Waals surface area (Å²) in [7, 11) is -3.72. The monoisotopic (exact) mass is 512 g/mol. The van der Waals surface area contributed by atoms with Gasteiger partial charge in [0.25, 0.3) is 0 Å². The SMILES string of the molecule is CC(=O)N1CCC(n2nc([C@H]3CCCN3S(=O)(=O)c3ccc(C)cc3)c3c2CC(C)(C)CC3=O)CC1. The Kier molecular flexibility index (Phi) is 6.35. The molecule has 9 heteroatoms. The fourth-order valence-electron chi connectivity index (χ4n) is 6.11. The van der Waals surface area contributed by atoms with E-state index in [1.54, 1.807) is 23.4 Å². The van der Waals surface area contributed by atoms with Crippen molar-refractivity contribution in [2.45, 2.75) is 83.2 Å². The van der Waals surface area contributed by atoms with E-state index in [0.29, 0.717) is 43.7 Å². The number of aromatic nitrogens is 2. The van der Waals surface area contributed by atoms with E-state index in [4.69, 9.17) is 5.10 Å². The predicted octanol–water partition coefficient (Wildman–Crippen LogP) is 4.06. The Balaban J connectivity index is 1.55. The van der Waals surface area contributed by atoms with E-state index >= 15 is 0 Å². The van der Waals surface area contributed by atoms with Gasteiger partial charge in [-0.25, -0.2) is 8.42 Å². The third kappa shape index (κ3) is 4.41. The number of sulfonamides is 1. The summed E-state index contributed by atoms with van der Waals surface area (Å²) < 4.78 is 30.9. The molecular formula is C27H36N4O4S. The highest BCUT2D eigenvalue weighted by Gasteiger charge is 2.44. The van der Waals surface area contributed by atoms with Crippen molar-refractivity contribution in [3.63, 3.8) is 0 Å². The summed E-state index contributed by atoms with van der Waals surface area (Å²) in [6, 6.07) is 6.58. The molecule has 1 aromatic carbocycles. The highest BCUT2D eigenvalue weighted by molar-refractivity contribution is 7.89. The van der Waals surface area contributed by atoms with Crippen molar-refractivity contribution in [1.82, 2.24) is 19.0 Å². The normalized spacial score (nSPS) is 23.2. The number of carbonyl (C=O) groups excluding carboxylic acids is 2. The van der Waals surface area contributed by atoms with Gasteiger partial charge in [0.1, 0.15) is 0 Å². The van der Waals surface area contributed by atoms with E-state index in [0.717, 1.165) is 36.9 Å². The van der Waals surface area contributed by atoms with Crippen LogP contribution in [0.25, 0.3) is 0 Å². The van der Waals surface area contributed by atoms with Gasteiger partial charge in [-0.05, 0) is 56.6 Å². The zero-order valence-electron chi connectivity index (χ0n) is 21.7. The molecule has 194 valence electrons. The number of fused-ring (bicyclic) bond motifs is 1. The number of likely N-dealkylation sites (tertiary alicyclic amines) is 1. The van der Waals surface area contributed by atoms with Crippen LogP contribution in [0, 0.1) is 12.3 Å². The molecule has 2 fully saturated rings. The molecule has 3 aliphatic rings. The molecule has 0 bridgehead atoms. The summed E-state index contributed by atoms with van der Waals surface area (Å²) in [5.41, 5.74) is 3.02. The molecule has 1 amide bonds. The summed E-state index contributed by atoms with van der Waals surface area (Å²) in [6.07, 6.45) is 4.09. The average molecular weight is 513 g/mol. The number of amides is 1. The molecule has 3 heterocycles. The van der Waals surface area contributed by atoms with Crippen molar-refractivity contribution >= 4 is 21.7 Å². The van der Waals surface area contributed by atoms with E-state index in [2.05, 4.69) is 13.8 Å². The fraction of sp³-hybridized carbons (Fsp3) is 0.593. The smallest absolute Gasteiger partial charge is 0.243 e. The van der Waals surface area contributed by atoms with Gasteiger partial charge in [-0.3, -0.25) is 14.3 Å². The highest BCUT2D eigenvalue weighted by atomic mass is 32.2. The molecule has 0 N–H and O–H groups in total. The molecule has 1 atom stereocenters. The third-order valence-corrected chi connectivity index (χ3v) is 9.93. The first-order valence-corrected chi connectivity index (χ1v) is 14.4. The second-order valence-electron chi connectivity index (χ2n) is 11.4. The maximum Gasteiger partial charge on any atom is 0.243 e. The number of nitrogens with zero attached hydrogens (tertiary/aromatic N) is 4. The molecule has 2 saturated heterocycles. The Bertz CT molecular complexity index is 1290. The molecule has 0 spiro atoms. The molecule has 36 heavy (non-hydrogen) atoms. The minimum atomic E-state index is -3.72. The van der Waals surface area contributed by atoms with Crippen LogP contribution in [0.3, 0.4) is 0 Å². The average Bonchev–Trinajstić information content (AvgIpc) is 3.44. The maximum absolute atomic E-state index is 13.7. The van der Waals surface area contributed by atoms with Crippen molar-refractivity contribution < 1.29 is 18.0 Å². The van der Waals surface area contributed by atoms with E-state index in [1.807, 2.05) is 28.6 Å². The van der Waals surface area contributed by atoms with Gasteiger partial charge in [0, 0.05) is 33.0 Å². The van der Waals surface area contributed by atoms with Crippen LogP contribution < -0.4 is 0 Å². The van der Waals surface area contributed by atoms with Crippen molar-refractivity contribution in [2.24, 2.45) is 5.41 Å². The van der Waals surface area contributed by atoms with Crippen LogP contribution in [0.5, 0.6) is 0 Å². The standard InChI is InChI=1S/C27H36N4O4S/c1-18-7-9-21(10-8-18)36(34,35)30-13-5-6-22(30)26-25-23(16-27(3,4)17-24(25)33)31(28-26)20-11-14-29(15-12-20)19(2)32/h7-10,20,22H,5-6,11-17H2,1-4H3/t22-/m1/s1. The van der Waals surface area contributed by atoms with Gasteiger partial charge in [0.05, 0.1) is 33.9 Å². The highest BCUT2D eigenvalue weighted by Crippen LogP contribution is 2.44. The van der Waals surface area contributed by atoms with Crippen LogP contribution in [0.2, 0.25) is 0 Å². The Hall–Kier alpha value is -2.52.